The lowest BCUT2D eigenvalue weighted by atomic mass is 10.0. The molecule has 24 heavy (non-hydrogen) atoms. The number of nitrogens with one attached hydrogen (secondary N) is 2. The normalized spacial score (nSPS) is 10.8. The van der Waals surface area contributed by atoms with Gasteiger partial charge in [0.05, 0.1) is 0 Å². The van der Waals surface area contributed by atoms with Gasteiger partial charge in [-0.25, -0.2) is 4.39 Å². The Morgan fingerprint density at radius 2 is 1.75 bits per heavy atom. The summed E-state index contributed by atoms with van der Waals surface area (Å²) in [6.45, 7) is 5.61. The summed E-state index contributed by atoms with van der Waals surface area (Å²) in [6.07, 6.45) is 1.24. The molecule has 0 bridgehead atoms. The molecule has 1 amide bonds. The summed E-state index contributed by atoms with van der Waals surface area (Å²) in [5.41, 5.74) is 3.12. The Morgan fingerprint density at radius 3 is 2.46 bits per heavy atom. The van der Waals surface area contributed by atoms with Crippen LogP contribution in [0.3, 0.4) is 0 Å². The van der Waals surface area contributed by atoms with E-state index in [-0.39, 0.29) is 11.7 Å². The quantitative estimate of drug-likeness (QED) is 0.716. The first-order valence-corrected chi connectivity index (χ1v) is 8.40. The summed E-state index contributed by atoms with van der Waals surface area (Å²) >= 11 is 0. The van der Waals surface area contributed by atoms with Crippen molar-refractivity contribution in [1.82, 2.24) is 5.32 Å². The summed E-state index contributed by atoms with van der Waals surface area (Å²) in [5.74, 6) is 0.165. The Labute approximate surface area is 143 Å². The zero-order valence-corrected chi connectivity index (χ0v) is 14.3. The van der Waals surface area contributed by atoms with E-state index in [0.29, 0.717) is 18.9 Å². The third-order valence-electron chi connectivity index (χ3n) is 3.89. The van der Waals surface area contributed by atoms with Crippen molar-refractivity contribution in [1.29, 1.82) is 0 Å². The summed E-state index contributed by atoms with van der Waals surface area (Å²) < 4.78 is 12.8. The Morgan fingerprint density at radius 1 is 1.04 bits per heavy atom. The fraction of sp³-hybridized carbons (Fsp3) is 0.350. The molecule has 0 saturated heterocycles. The van der Waals surface area contributed by atoms with E-state index in [4.69, 9.17) is 0 Å². The van der Waals surface area contributed by atoms with Crippen LogP contribution in [-0.2, 0) is 11.2 Å². The van der Waals surface area contributed by atoms with Crippen molar-refractivity contribution in [3.05, 3.63) is 65.5 Å². The number of hydrogen-bond acceptors (Lipinski definition) is 2. The average Bonchev–Trinajstić information content (AvgIpc) is 2.56. The molecule has 0 spiro atoms. The lowest BCUT2D eigenvalue weighted by Gasteiger charge is -2.13. The van der Waals surface area contributed by atoms with Gasteiger partial charge in [0.1, 0.15) is 5.82 Å². The molecule has 0 heterocycles. The first-order valence-electron chi connectivity index (χ1n) is 8.40. The SMILES string of the molecule is CC(C)c1ccccc1NC(=O)CCNCCc1ccc(F)cc1. The van der Waals surface area contributed by atoms with Gasteiger partial charge in [0, 0.05) is 18.7 Å². The van der Waals surface area contributed by atoms with Crippen LogP contribution in [0.2, 0.25) is 0 Å². The predicted octanol–water partition coefficient (Wildman–Crippen LogP) is 4.11. The predicted molar refractivity (Wildman–Crippen MR) is 96.8 cm³/mol. The van der Waals surface area contributed by atoms with Gasteiger partial charge in [0.25, 0.3) is 0 Å². The van der Waals surface area contributed by atoms with Crippen LogP contribution in [-0.4, -0.2) is 19.0 Å². The monoisotopic (exact) mass is 328 g/mol. The molecule has 0 aromatic heterocycles. The smallest absolute Gasteiger partial charge is 0.225 e. The third kappa shape index (κ3) is 5.78. The molecule has 0 fully saturated rings. The van der Waals surface area contributed by atoms with Crippen molar-refractivity contribution in [2.24, 2.45) is 0 Å². The Hall–Kier alpha value is -2.20. The lowest BCUT2D eigenvalue weighted by molar-refractivity contribution is -0.116. The number of anilines is 1. The third-order valence-corrected chi connectivity index (χ3v) is 3.89. The van der Waals surface area contributed by atoms with Crippen molar-refractivity contribution in [2.45, 2.75) is 32.6 Å². The van der Waals surface area contributed by atoms with E-state index >= 15 is 0 Å². The van der Waals surface area contributed by atoms with Crippen molar-refractivity contribution >= 4 is 11.6 Å². The first kappa shape index (κ1) is 18.1. The lowest BCUT2D eigenvalue weighted by Crippen LogP contribution is -2.24. The van der Waals surface area contributed by atoms with Gasteiger partial charge in [-0.05, 0) is 48.2 Å². The van der Waals surface area contributed by atoms with Crippen LogP contribution in [0.15, 0.2) is 48.5 Å². The zero-order chi connectivity index (χ0) is 17.4. The summed E-state index contributed by atoms with van der Waals surface area (Å²) in [4.78, 5) is 12.1. The molecule has 0 aliphatic heterocycles. The molecule has 0 saturated carbocycles. The van der Waals surface area contributed by atoms with Gasteiger partial charge in [0.2, 0.25) is 5.91 Å². The van der Waals surface area contributed by atoms with E-state index in [9.17, 15) is 9.18 Å². The minimum absolute atomic E-state index is 0.0115. The van der Waals surface area contributed by atoms with Crippen LogP contribution in [0.4, 0.5) is 10.1 Å². The highest BCUT2D eigenvalue weighted by Gasteiger charge is 2.08. The maximum absolute atomic E-state index is 12.8. The number of rotatable bonds is 8. The van der Waals surface area contributed by atoms with Gasteiger partial charge in [0.15, 0.2) is 0 Å². The second-order valence-electron chi connectivity index (χ2n) is 6.17. The van der Waals surface area contributed by atoms with Gasteiger partial charge in [-0.2, -0.15) is 0 Å². The highest BCUT2D eigenvalue weighted by Crippen LogP contribution is 2.23. The van der Waals surface area contributed by atoms with E-state index < -0.39 is 0 Å². The molecule has 0 unspecified atom stereocenters. The Bertz CT molecular complexity index is 653. The van der Waals surface area contributed by atoms with E-state index in [1.807, 2.05) is 24.3 Å². The largest absolute Gasteiger partial charge is 0.326 e. The summed E-state index contributed by atoms with van der Waals surface area (Å²) in [5, 5.41) is 6.23. The molecule has 3 nitrogen and oxygen atoms in total. The first-order chi connectivity index (χ1) is 11.6. The number of carbonyl (C=O) groups excluding carboxylic acids is 1. The van der Waals surface area contributed by atoms with Crippen molar-refractivity contribution in [3.8, 4) is 0 Å². The number of hydrogen-bond donors (Lipinski definition) is 2. The van der Waals surface area contributed by atoms with Crippen LogP contribution in [0.1, 0.15) is 37.3 Å². The molecule has 2 aromatic rings. The van der Waals surface area contributed by atoms with E-state index in [0.717, 1.165) is 29.8 Å². The molecule has 4 heteroatoms. The maximum Gasteiger partial charge on any atom is 0.225 e. The molecule has 2 N–H and O–H groups in total. The van der Waals surface area contributed by atoms with Gasteiger partial charge in [-0.3, -0.25) is 4.79 Å². The molecular formula is C20H25FN2O. The van der Waals surface area contributed by atoms with Crippen LogP contribution in [0, 0.1) is 5.82 Å². The van der Waals surface area contributed by atoms with Gasteiger partial charge in [-0.15, -0.1) is 0 Å². The zero-order valence-electron chi connectivity index (χ0n) is 14.3. The molecule has 2 aromatic carbocycles. The van der Waals surface area contributed by atoms with Gasteiger partial charge >= 0.3 is 0 Å². The number of para-hydroxylation sites is 1. The van der Waals surface area contributed by atoms with Gasteiger partial charge in [-0.1, -0.05) is 44.2 Å². The van der Waals surface area contributed by atoms with E-state index in [2.05, 4.69) is 24.5 Å². The summed E-state index contributed by atoms with van der Waals surface area (Å²) in [7, 11) is 0. The molecule has 128 valence electrons. The van der Waals surface area contributed by atoms with Crippen molar-refractivity contribution in [2.75, 3.05) is 18.4 Å². The minimum Gasteiger partial charge on any atom is -0.326 e. The number of benzene rings is 2. The summed E-state index contributed by atoms with van der Waals surface area (Å²) in [6, 6.07) is 14.4. The minimum atomic E-state index is -0.218. The molecule has 0 radical (unpaired) electrons. The van der Waals surface area contributed by atoms with Crippen molar-refractivity contribution in [3.63, 3.8) is 0 Å². The Kier molecular flexibility index (Phi) is 6.94. The molecule has 0 aliphatic rings. The molecule has 0 atom stereocenters. The highest BCUT2D eigenvalue weighted by atomic mass is 19.1. The molecular weight excluding hydrogens is 303 g/mol. The Balaban J connectivity index is 1.69. The average molecular weight is 328 g/mol. The second-order valence-corrected chi connectivity index (χ2v) is 6.17. The number of amides is 1. The van der Waals surface area contributed by atoms with Crippen LogP contribution < -0.4 is 10.6 Å². The van der Waals surface area contributed by atoms with Crippen molar-refractivity contribution < 1.29 is 9.18 Å². The maximum atomic E-state index is 12.8. The van der Waals surface area contributed by atoms with Crippen LogP contribution >= 0.6 is 0 Å². The van der Waals surface area contributed by atoms with Crippen LogP contribution in [0.5, 0.6) is 0 Å². The molecule has 0 aliphatic carbocycles. The topological polar surface area (TPSA) is 41.1 Å². The fourth-order valence-electron chi connectivity index (χ4n) is 2.54. The van der Waals surface area contributed by atoms with E-state index in [1.54, 1.807) is 12.1 Å². The standard InChI is InChI=1S/C20H25FN2O/c1-15(2)18-5-3-4-6-19(18)23-20(24)12-14-22-13-11-16-7-9-17(21)10-8-16/h3-10,15,22H,11-14H2,1-2H3,(H,23,24). The number of carbonyl (C=O) groups is 1. The second kappa shape index (κ2) is 9.18. The van der Waals surface area contributed by atoms with Crippen LogP contribution in [0.25, 0.3) is 0 Å². The highest BCUT2D eigenvalue weighted by molar-refractivity contribution is 5.91. The molecule has 2 rings (SSSR count). The fourth-order valence-corrected chi connectivity index (χ4v) is 2.54. The van der Waals surface area contributed by atoms with Gasteiger partial charge < -0.3 is 10.6 Å². The number of halogens is 1. The van der Waals surface area contributed by atoms with E-state index in [1.165, 1.54) is 12.1 Å².